The molecule has 2 nitrogen and oxygen atoms in total. The topological polar surface area (TPSA) is 52.0 Å². The van der Waals surface area contributed by atoms with Crippen molar-refractivity contribution < 1.29 is 8.78 Å². The van der Waals surface area contributed by atoms with E-state index >= 15 is 0 Å². The fraction of sp³-hybridized carbons (Fsp3) is 0.400. The minimum Gasteiger partial charge on any atom is -0.398 e. The van der Waals surface area contributed by atoms with Gasteiger partial charge in [-0.2, -0.15) is 0 Å². The summed E-state index contributed by atoms with van der Waals surface area (Å²) in [7, 11) is 0. The van der Waals surface area contributed by atoms with Gasteiger partial charge in [-0.25, -0.2) is 8.78 Å². The molecule has 1 unspecified atom stereocenters. The van der Waals surface area contributed by atoms with E-state index in [0.29, 0.717) is 6.42 Å². The fourth-order valence-corrected chi connectivity index (χ4v) is 1.22. The molecule has 4 heteroatoms. The van der Waals surface area contributed by atoms with E-state index in [4.69, 9.17) is 11.5 Å². The zero-order chi connectivity index (χ0) is 10.7. The second-order valence-electron chi connectivity index (χ2n) is 3.30. The highest BCUT2D eigenvalue weighted by Gasteiger charge is 2.13. The number of halogens is 2. The Morgan fingerprint density at radius 3 is 2.57 bits per heavy atom. The minimum absolute atomic E-state index is 0.180. The van der Waals surface area contributed by atoms with Gasteiger partial charge in [-0.15, -0.1) is 0 Å². The summed E-state index contributed by atoms with van der Waals surface area (Å²) in [5.74, 6) is -1.76. The molecule has 1 aromatic carbocycles. The lowest BCUT2D eigenvalue weighted by Crippen LogP contribution is -2.23. The Kier molecular flexibility index (Phi) is 3.41. The molecule has 0 aromatic heterocycles. The molecule has 0 spiro atoms. The quantitative estimate of drug-likeness (QED) is 0.731. The lowest BCUT2D eigenvalue weighted by molar-refractivity contribution is 0.492. The molecule has 4 N–H and O–H groups in total. The van der Waals surface area contributed by atoms with Crippen molar-refractivity contribution in [1.29, 1.82) is 0 Å². The van der Waals surface area contributed by atoms with Crippen LogP contribution in [0.1, 0.15) is 18.9 Å². The highest BCUT2D eigenvalue weighted by atomic mass is 19.2. The molecule has 0 radical (unpaired) electrons. The Morgan fingerprint density at radius 1 is 1.36 bits per heavy atom. The molecule has 0 fully saturated rings. The molecule has 78 valence electrons. The van der Waals surface area contributed by atoms with Crippen molar-refractivity contribution in [2.45, 2.75) is 25.8 Å². The van der Waals surface area contributed by atoms with E-state index in [2.05, 4.69) is 0 Å². The molecular formula is C10H14F2N2. The van der Waals surface area contributed by atoms with Crippen LogP contribution in [0.2, 0.25) is 0 Å². The minimum atomic E-state index is -0.881. The third kappa shape index (κ3) is 2.20. The smallest absolute Gasteiger partial charge is 0.164 e. The van der Waals surface area contributed by atoms with E-state index < -0.39 is 11.6 Å². The van der Waals surface area contributed by atoms with Gasteiger partial charge in [-0.1, -0.05) is 6.92 Å². The standard InChI is InChI=1S/C10H14F2N2/c1-2-6(13)5-7-9(14)4-3-8(11)10(7)12/h3-4,6H,2,5,13-14H2,1H3. The third-order valence-corrected chi connectivity index (χ3v) is 2.22. The summed E-state index contributed by atoms with van der Waals surface area (Å²) in [6, 6.07) is 2.19. The van der Waals surface area contributed by atoms with E-state index in [0.717, 1.165) is 6.07 Å². The maximum atomic E-state index is 13.2. The summed E-state index contributed by atoms with van der Waals surface area (Å²) in [5.41, 5.74) is 11.6. The van der Waals surface area contributed by atoms with Gasteiger partial charge in [0.25, 0.3) is 0 Å². The molecule has 0 heterocycles. The van der Waals surface area contributed by atoms with Crippen LogP contribution in [-0.2, 0) is 6.42 Å². The lowest BCUT2D eigenvalue weighted by atomic mass is 10.0. The zero-order valence-corrected chi connectivity index (χ0v) is 8.06. The second-order valence-corrected chi connectivity index (χ2v) is 3.30. The monoisotopic (exact) mass is 200 g/mol. The van der Waals surface area contributed by atoms with Gasteiger partial charge >= 0.3 is 0 Å². The van der Waals surface area contributed by atoms with E-state index in [1.807, 2.05) is 6.92 Å². The van der Waals surface area contributed by atoms with Gasteiger partial charge in [0.2, 0.25) is 0 Å². The number of nitrogen functional groups attached to an aromatic ring is 1. The van der Waals surface area contributed by atoms with Crippen molar-refractivity contribution in [2.24, 2.45) is 5.73 Å². The number of nitrogens with two attached hydrogens (primary N) is 2. The lowest BCUT2D eigenvalue weighted by Gasteiger charge is -2.12. The van der Waals surface area contributed by atoms with E-state index in [1.165, 1.54) is 6.07 Å². The van der Waals surface area contributed by atoms with Crippen molar-refractivity contribution in [1.82, 2.24) is 0 Å². The largest absolute Gasteiger partial charge is 0.398 e. The highest BCUT2D eigenvalue weighted by Crippen LogP contribution is 2.20. The average Bonchev–Trinajstić information content (AvgIpc) is 2.18. The van der Waals surface area contributed by atoms with Gasteiger partial charge in [0.15, 0.2) is 11.6 Å². The third-order valence-electron chi connectivity index (χ3n) is 2.22. The molecule has 0 amide bonds. The number of anilines is 1. The molecule has 14 heavy (non-hydrogen) atoms. The maximum Gasteiger partial charge on any atom is 0.164 e. The van der Waals surface area contributed by atoms with Crippen LogP contribution in [0.15, 0.2) is 12.1 Å². The average molecular weight is 200 g/mol. The first-order valence-corrected chi connectivity index (χ1v) is 4.54. The van der Waals surface area contributed by atoms with E-state index in [9.17, 15) is 8.78 Å². The van der Waals surface area contributed by atoms with Gasteiger partial charge in [0, 0.05) is 17.3 Å². The van der Waals surface area contributed by atoms with Gasteiger partial charge in [-0.3, -0.25) is 0 Å². The van der Waals surface area contributed by atoms with Crippen LogP contribution in [-0.4, -0.2) is 6.04 Å². The number of hydrogen-bond acceptors (Lipinski definition) is 2. The van der Waals surface area contributed by atoms with E-state index in [-0.39, 0.29) is 23.7 Å². The number of benzene rings is 1. The van der Waals surface area contributed by atoms with Gasteiger partial charge in [0.1, 0.15) is 0 Å². The molecule has 0 saturated carbocycles. The normalized spacial score (nSPS) is 12.9. The van der Waals surface area contributed by atoms with Gasteiger partial charge < -0.3 is 11.5 Å². The second kappa shape index (κ2) is 4.37. The van der Waals surface area contributed by atoms with Crippen LogP contribution in [0.25, 0.3) is 0 Å². The first kappa shape index (κ1) is 10.9. The summed E-state index contributed by atoms with van der Waals surface area (Å²) in [5, 5.41) is 0. The predicted octanol–water partition coefficient (Wildman–Crippen LogP) is 1.83. The van der Waals surface area contributed by atoms with Gasteiger partial charge in [0.05, 0.1) is 0 Å². The Balaban J connectivity index is 3.00. The molecule has 1 aromatic rings. The Hall–Kier alpha value is -1.16. The van der Waals surface area contributed by atoms with Crippen LogP contribution in [0, 0.1) is 11.6 Å². The summed E-state index contributed by atoms with van der Waals surface area (Å²) < 4.78 is 26.1. The van der Waals surface area contributed by atoms with E-state index in [1.54, 1.807) is 0 Å². The molecule has 0 aliphatic rings. The van der Waals surface area contributed by atoms with Crippen LogP contribution >= 0.6 is 0 Å². The zero-order valence-electron chi connectivity index (χ0n) is 8.06. The van der Waals surface area contributed by atoms with Crippen LogP contribution in [0.3, 0.4) is 0 Å². The molecule has 1 rings (SSSR count). The van der Waals surface area contributed by atoms with Crippen molar-refractivity contribution in [3.05, 3.63) is 29.3 Å². The Labute approximate surface area is 81.9 Å². The summed E-state index contributed by atoms with van der Waals surface area (Å²) in [6.45, 7) is 1.89. The summed E-state index contributed by atoms with van der Waals surface area (Å²) in [4.78, 5) is 0. The van der Waals surface area contributed by atoms with Crippen molar-refractivity contribution in [2.75, 3.05) is 5.73 Å². The fourth-order valence-electron chi connectivity index (χ4n) is 1.22. The van der Waals surface area contributed by atoms with Crippen molar-refractivity contribution in [3.8, 4) is 0 Å². The van der Waals surface area contributed by atoms with Crippen LogP contribution < -0.4 is 11.5 Å². The maximum absolute atomic E-state index is 13.2. The molecule has 0 aliphatic heterocycles. The Bertz CT molecular complexity index is 326. The highest BCUT2D eigenvalue weighted by molar-refractivity contribution is 5.48. The van der Waals surface area contributed by atoms with Gasteiger partial charge in [-0.05, 0) is 25.0 Å². The Morgan fingerprint density at radius 2 is 2.00 bits per heavy atom. The predicted molar refractivity (Wildman–Crippen MR) is 52.7 cm³/mol. The first-order chi connectivity index (χ1) is 6.56. The summed E-state index contributed by atoms with van der Waals surface area (Å²) >= 11 is 0. The number of rotatable bonds is 3. The first-order valence-electron chi connectivity index (χ1n) is 4.54. The molecule has 0 saturated heterocycles. The molecular weight excluding hydrogens is 186 g/mol. The van der Waals surface area contributed by atoms with Crippen molar-refractivity contribution in [3.63, 3.8) is 0 Å². The SMILES string of the molecule is CCC(N)Cc1c(N)ccc(F)c1F. The van der Waals surface area contributed by atoms with Crippen molar-refractivity contribution >= 4 is 5.69 Å². The molecule has 0 aliphatic carbocycles. The summed E-state index contributed by atoms with van der Waals surface area (Å²) in [6.07, 6.45) is 0.974. The molecule has 0 bridgehead atoms. The number of hydrogen-bond donors (Lipinski definition) is 2. The molecule has 1 atom stereocenters. The van der Waals surface area contributed by atoms with Crippen LogP contribution in [0.5, 0.6) is 0 Å². The van der Waals surface area contributed by atoms with Crippen LogP contribution in [0.4, 0.5) is 14.5 Å².